The number of amides is 15. The summed E-state index contributed by atoms with van der Waals surface area (Å²) in [5.74, 6) is -23.9. The van der Waals surface area contributed by atoms with Gasteiger partial charge in [0.05, 0.1) is 13.0 Å². The highest BCUT2D eigenvalue weighted by molar-refractivity contribution is 7.80. The van der Waals surface area contributed by atoms with Crippen LogP contribution in [-0.2, 0) is 110 Å². The topological polar surface area (TPSA) is 689 Å². The minimum absolute atomic E-state index is 0.0289. The Labute approximate surface area is 745 Å². The average Bonchev–Trinajstić information content (AvgIpc) is 1.68. The number of carboxylic acid groups (broad SMARTS) is 4. The average molecular weight is 1830 g/mol. The number of para-hydroxylation sites is 2. The number of hydrogen-bond donors (Lipinski definition) is 25. The lowest BCUT2D eigenvalue weighted by molar-refractivity contribution is -0.143. The van der Waals surface area contributed by atoms with E-state index in [1.807, 2.05) is 0 Å². The van der Waals surface area contributed by atoms with Crippen molar-refractivity contribution >= 4 is 160 Å². The zero-order valence-electron chi connectivity index (χ0n) is 71.4. The molecule has 698 valence electrons. The number of aromatic nitrogens is 2. The monoisotopic (exact) mass is 1830 g/mol. The zero-order chi connectivity index (χ0) is 95.1. The van der Waals surface area contributed by atoms with Crippen LogP contribution in [0.4, 0.5) is 0 Å². The maximum atomic E-state index is 15.2. The molecule has 128 heavy (non-hydrogen) atoms. The predicted molar refractivity (Wildman–Crippen MR) is 465 cm³/mol. The molecule has 0 bridgehead atoms. The van der Waals surface area contributed by atoms with Crippen molar-refractivity contribution in [3.05, 3.63) is 102 Å². The van der Waals surface area contributed by atoms with Crippen LogP contribution in [0.25, 0.3) is 21.8 Å². The van der Waals surface area contributed by atoms with Gasteiger partial charge < -0.3 is 126 Å². The van der Waals surface area contributed by atoms with Crippen molar-refractivity contribution in [2.45, 2.75) is 223 Å². The number of carboxylic acids is 4. The molecule has 45 heteroatoms. The highest BCUT2D eigenvalue weighted by Gasteiger charge is 2.43. The second-order valence-electron chi connectivity index (χ2n) is 32.1. The fourth-order valence-electron chi connectivity index (χ4n) is 13.9. The first-order chi connectivity index (χ1) is 60.4. The Morgan fingerprint density at radius 2 is 0.828 bits per heavy atom. The summed E-state index contributed by atoms with van der Waals surface area (Å²) < 4.78 is 0. The summed E-state index contributed by atoms with van der Waals surface area (Å²) in [6.07, 6.45) is -2.28. The molecule has 0 spiro atoms. The highest BCUT2D eigenvalue weighted by atomic mass is 32.1. The number of benzene rings is 3. The summed E-state index contributed by atoms with van der Waals surface area (Å²) in [7, 11) is 0. The minimum atomic E-state index is -1.79. The maximum absolute atomic E-state index is 15.2. The van der Waals surface area contributed by atoms with E-state index in [9.17, 15) is 112 Å². The van der Waals surface area contributed by atoms with Gasteiger partial charge >= 0.3 is 23.9 Å². The van der Waals surface area contributed by atoms with Crippen molar-refractivity contribution in [3.8, 4) is 5.75 Å². The van der Waals surface area contributed by atoms with Gasteiger partial charge in [0, 0.05) is 90.8 Å². The number of nitrogens with two attached hydrogens (primary N) is 2. The highest BCUT2D eigenvalue weighted by Crippen LogP contribution is 2.26. The first kappa shape index (κ1) is 104. The summed E-state index contributed by atoms with van der Waals surface area (Å²) in [5.41, 5.74) is 13.3. The Morgan fingerprint density at radius 3 is 1.29 bits per heavy atom. The van der Waals surface area contributed by atoms with E-state index in [0.29, 0.717) is 38.5 Å². The van der Waals surface area contributed by atoms with Crippen LogP contribution in [0.15, 0.2) is 85.2 Å². The fraction of sp³-hybridized carbons (Fsp3) is 0.506. The summed E-state index contributed by atoms with van der Waals surface area (Å²) in [5, 5.41) is 91.7. The SMILES string of the molecule is CC(C)C[C@H](NC(=O)[C@H](Cc1ccc(O)cc1)NC(=O)[C@H](Cc1c[nH]c2ccccc12)NC(=O)[C@H](CCC(=O)O)NC(=O)[C@H](C)NC(=O)[C@@H](NC(=O)[C@@H]1CCCN1C(=O)[C@H](Cc1c[nH]c2ccccc12)NC(=O)[C@H](CS)NC(=O)[C@@H](NC(=O)[C@H](CCC(=O)O)NC(=O)[C@H](CCC(=O)O)NC(=O)[C@@H](N)CO)C(C)C)C(C)C)C(=O)N[C@@H](CS)C(=O)N[C@@H](CC(N)=O)C(=O)O. The van der Waals surface area contributed by atoms with E-state index in [-0.39, 0.29) is 56.7 Å². The van der Waals surface area contributed by atoms with E-state index in [1.165, 1.54) is 49.9 Å². The number of thiol groups is 2. The molecule has 15 amide bonds. The number of carbonyl (C=O) groups excluding carboxylic acids is 15. The number of rotatable bonds is 52. The number of aliphatic carboxylic acids is 4. The Morgan fingerprint density at radius 1 is 0.445 bits per heavy atom. The summed E-state index contributed by atoms with van der Waals surface area (Å²) >= 11 is 8.51. The number of nitrogens with one attached hydrogen (secondary N) is 15. The Bertz CT molecular complexity index is 4830. The largest absolute Gasteiger partial charge is 0.508 e. The van der Waals surface area contributed by atoms with E-state index >= 15 is 9.59 Å². The summed E-state index contributed by atoms with van der Waals surface area (Å²) in [4.78, 5) is 267. The van der Waals surface area contributed by atoms with E-state index in [0.717, 1.165) is 0 Å². The number of aromatic amines is 2. The molecule has 0 unspecified atom stereocenters. The number of phenols is 1. The zero-order valence-corrected chi connectivity index (χ0v) is 73.2. The van der Waals surface area contributed by atoms with Gasteiger partial charge in [-0.15, -0.1) is 0 Å². The van der Waals surface area contributed by atoms with Crippen molar-refractivity contribution in [3.63, 3.8) is 0 Å². The second kappa shape index (κ2) is 49.8. The van der Waals surface area contributed by atoms with Gasteiger partial charge in [-0.25, -0.2) is 4.79 Å². The molecule has 1 aliphatic heterocycles. The summed E-state index contributed by atoms with van der Waals surface area (Å²) in [6, 6.07) is -4.46. The maximum Gasteiger partial charge on any atom is 0.326 e. The molecule has 1 fully saturated rings. The van der Waals surface area contributed by atoms with Crippen LogP contribution in [-0.4, -0.2) is 273 Å². The molecule has 2 aromatic heterocycles. The van der Waals surface area contributed by atoms with Gasteiger partial charge in [0.1, 0.15) is 96.4 Å². The minimum Gasteiger partial charge on any atom is -0.508 e. The molecule has 0 saturated carbocycles. The van der Waals surface area contributed by atoms with Crippen molar-refractivity contribution in [1.29, 1.82) is 0 Å². The van der Waals surface area contributed by atoms with Crippen LogP contribution in [0.3, 0.4) is 0 Å². The van der Waals surface area contributed by atoms with Gasteiger partial charge in [0.2, 0.25) is 88.6 Å². The Hall–Kier alpha value is -12.9. The number of phenolic OH excluding ortho intramolecular Hbond substituents is 1. The van der Waals surface area contributed by atoms with Crippen molar-refractivity contribution in [2.24, 2.45) is 29.2 Å². The molecule has 25 N–H and O–H groups in total. The predicted octanol–water partition coefficient (Wildman–Crippen LogP) is -3.21. The van der Waals surface area contributed by atoms with Crippen LogP contribution >= 0.6 is 25.3 Å². The van der Waals surface area contributed by atoms with Gasteiger partial charge in [-0.2, -0.15) is 25.3 Å². The first-order valence-electron chi connectivity index (χ1n) is 41.3. The molecule has 43 nitrogen and oxygen atoms in total. The molecule has 3 aromatic carbocycles. The molecule has 1 saturated heterocycles. The van der Waals surface area contributed by atoms with Crippen LogP contribution in [0.5, 0.6) is 5.75 Å². The number of aliphatic hydroxyl groups is 1. The molecule has 6 rings (SSSR count). The van der Waals surface area contributed by atoms with E-state index in [4.69, 9.17) is 11.5 Å². The van der Waals surface area contributed by atoms with Crippen LogP contribution < -0.4 is 80.6 Å². The number of H-pyrrole nitrogens is 2. The number of likely N-dealkylation sites (tertiary alicyclic amines) is 1. The quantitative estimate of drug-likeness (QED) is 0.0170. The standard InChI is InChI=1S/C83H114N18O25S2/c1-39(2)29-55(74(116)97-60(37-127)78(120)96-59(83(125)126)33-63(85)104)92-75(117)56(30-43-18-20-46(103)21-19-43)93-76(118)57(31-44-34-86-50-15-10-8-13-47(44)50)94-72(114)52(22-25-64(105)106)89-69(111)42(7)88-80(122)67(40(3)4)100-79(121)62-17-12-28-101(62)82(124)58(32-45-35-87-51-16-11-9-14-48(45)51)95-77(119)61(38-128)98-81(123)68(41(5)6)99-73(115)54(24-27-66(109)110)91-71(113)53(23-26-65(107)108)90-70(112)49(84)36-102/h8-11,13-16,18-21,34-35,39-42,49,52-62,67-68,86-87,102-103,127-128H,12,17,22-33,36-38,84H2,1-7H3,(H2,85,104)(H,88,122)(H,89,111)(H,90,112)(H,91,113)(H,92,117)(H,93,118)(H,94,114)(H,95,119)(H,96,120)(H,97,116)(H,98,123)(H,99,115)(H,100,121)(H,105,106)(H,107,108)(H,109,110)(H,125,126)/t42-,49-,52-,53-,54-,55-,56-,57-,58-,59-,60-,61-,62-,67-,68-/m0/s1. The lowest BCUT2D eigenvalue weighted by Crippen LogP contribution is -2.62. The van der Waals surface area contributed by atoms with Gasteiger partial charge in [-0.3, -0.25) is 86.3 Å². The van der Waals surface area contributed by atoms with E-state index in [1.54, 1.807) is 88.6 Å². The van der Waals surface area contributed by atoms with Gasteiger partial charge in [0.25, 0.3) is 0 Å². The molecule has 15 atom stereocenters. The molecule has 3 heterocycles. The van der Waals surface area contributed by atoms with Crippen molar-refractivity contribution in [2.75, 3.05) is 24.7 Å². The van der Waals surface area contributed by atoms with E-state index < -0.39 is 278 Å². The number of hydrogen-bond acceptors (Lipinski definition) is 24. The Kier molecular flexibility index (Phi) is 40.5. The number of carbonyl (C=O) groups is 19. The number of aromatic hydroxyl groups is 1. The van der Waals surface area contributed by atoms with Crippen molar-refractivity contribution < 1.29 is 122 Å². The first-order valence-corrected chi connectivity index (χ1v) is 42.6. The Balaban J connectivity index is 1.21. The van der Waals surface area contributed by atoms with Gasteiger partial charge in [0.15, 0.2) is 0 Å². The molecule has 1 aliphatic rings. The third kappa shape index (κ3) is 31.6. The third-order valence-electron chi connectivity index (χ3n) is 20.9. The normalized spacial score (nSPS) is 15.8. The lowest BCUT2D eigenvalue weighted by atomic mass is 9.99. The molecular weight excluding hydrogens is 1710 g/mol. The second-order valence-corrected chi connectivity index (χ2v) is 32.8. The van der Waals surface area contributed by atoms with E-state index in [2.05, 4.69) is 104 Å². The van der Waals surface area contributed by atoms with Crippen LogP contribution in [0, 0.1) is 17.8 Å². The smallest absolute Gasteiger partial charge is 0.326 e. The number of aliphatic hydroxyl groups excluding tert-OH is 1. The molecular formula is C83H114N18O25S2. The molecule has 0 radical (unpaired) electrons. The molecule has 0 aliphatic carbocycles. The molecule has 5 aromatic rings. The van der Waals surface area contributed by atoms with Gasteiger partial charge in [-0.1, -0.05) is 90.1 Å². The van der Waals surface area contributed by atoms with Gasteiger partial charge in [-0.05, 0) is 104 Å². The lowest BCUT2D eigenvalue weighted by Gasteiger charge is -2.31. The summed E-state index contributed by atoms with van der Waals surface area (Å²) in [6.45, 7) is 9.82. The number of primary amides is 1. The van der Waals surface area contributed by atoms with Crippen LogP contribution in [0.2, 0.25) is 0 Å². The fourth-order valence-corrected chi connectivity index (χ4v) is 14.4. The number of nitrogens with zero attached hydrogens (tertiary/aromatic N) is 1. The number of fused-ring (bicyclic) bond motifs is 2. The van der Waals surface area contributed by atoms with Crippen LogP contribution in [0.1, 0.15) is 129 Å². The third-order valence-corrected chi connectivity index (χ3v) is 21.6. The van der Waals surface area contributed by atoms with Crippen molar-refractivity contribution in [1.82, 2.24) is 84.0 Å².